The predicted molar refractivity (Wildman–Crippen MR) is 99.3 cm³/mol. The summed E-state index contributed by atoms with van der Waals surface area (Å²) in [5.41, 5.74) is 0. The van der Waals surface area contributed by atoms with Crippen molar-refractivity contribution in [2.75, 3.05) is 6.61 Å². The van der Waals surface area contributed by atoms with Crippen molar-refractivity contribution in [2.45, 2.75) is 25.4 Å². The molecular formula is C10H17N2O12P3S2. The first-order valence-electron chi connectivity index (χ1n) is 7.53. The lowest BCUT2D eigenvalue weighted by molar-refractivity contribution is -0.0460. The zero-order valence-corrected chi connectivity index (χ0v) is 18.7. The Balaban J connectivity index is 2.06. The van der Waals surface area contributed by atoms with Crippen LogP contribution in [0.15, 0.2) is 12.3 Å². The summed E-state index contributed by atoms with van der Waals surface area (Å²) in [5.74, 6) is -0.555. The molecule has 2 heterocycles. The maximum absolute atomic E-state index is 11.8. The second-order valence-electron chi connectivity index (χ2n) is 5.82. The van der Waals surface area contributed by atoms with Crippen LogP contribution in [-0.2, 0) is 31.6 Å². The standard InChI is InChI=1S/C10H17N2O12P3S2/c1-5-8(13)6(22-9(5)12-3-2-7(28)11-10(12)29)4-21-26(17,18)24-27(19,20)23-25(14,15)16/h2-3,5-6,8-9,13H,4H2,1H3,(H,17,18)(H,19,20)(H,11,28,29)(H2,14,15,16)/t5?,6-,8-,9-/m1/s1. The van der Waals surface area contributed by atoms with Gasteiger partial charge >= 0.3 is 23.5 Å². The van der Waals surface area contributed by atoms with Crippen LogP contribution in [0.4, 0.5) is 0 Å². The lowest BCUT2D eigenvalue weighted by Crippen LogP contribution is -2.29. The highest BCUT2D eigenvalue weighted by molar-refractivity contribution is 7.72. The second-order valence-corrected chi connectivity index (χ2v) is 11.1. The summed E-state index contributed by atoms with van der Waals surface area (Å²) in [6.07, 6.45) is -1.64. The normalized spacial score (nSPS) is 29.3. The monoisotopic (exact) mass is 514 g/mol. The summed E-state index contributed by atoms with van der Waals surface area (Å²) < 4.78 is 53.0. The van der Waals surface area contributed by atoms with Gasteiger partial charge in [0.1, 0.15) is 17.0 Å². The number of ether oxygens (including phenoxy) is 1. The van der Waals surface area contributed by atoms with E-state index in [0.717, 1.165) is 0 Å². The number of aliphatic hydroxyl groups excluding tert-OH is 1. The van der Waals surface area contributed by atoms with Crippen LogP contribution < -0.4 is 0 Å². The third kappa shape index (κ3) is 7.20. The van der Waals surface area contributed by atoms with Gasteiger partial charge in [0.15, 0.2) is 4.77 Å². The summed E-state index contributed by atoms with van der Waals surface area (Å²) in [6.45, 7) is 0.839. The maximum atomic E-state index is 11.8. The zero-order valence-electron chi connectivity index (χ0n) is 14.4. The Hall–Kier alpha value is -0.150. The van der Waals surface area contributed by atoms with Crippen LogP contribution in [-0.4, -0.2) is 53.0 Å². The molecule has 1 aromatic heterocycles. The van der Waals surface area contributed by atoms with Gasteiger partial charge in [-0.15, -0.1) is 0 Å². The van der Waals surface area contributed by atoms with Crippen molar-refractivity contribution < 1.29 is 56.3 Å². The zero-order chi connectivity index (χ0) is 22.2. The largest absolute Gasteiger partial charge is 0.490 e. The maximum Gasteiger partial charge on any atom is 0.490 e. The number of aliphatic hydroxyl groups is 1. The fraction of sp³-hybridized carbons (Fsp3) is 0.600. The van der Waals surface area contributed by atoms with E-state index in [1.165, 1.54) is 16.8 Å². The average Bonchev–Trinajstić information content (AvgIpc) is 2.78. The summed E-state index contributed by atoms with van der Waals surface area (Å²) in [4.78, 5) is 38.3. The molecule has 1 aromatic rings. The number of aromatic nitrogens is 2. The highest BCUT2D eigenvalue weighted by atomic mass is 32.1. The number of phosphoric ester groups is 1. The van der Waals surface area contributed by atoms with Crippen molar-refractivity contribution in [3.8, 4) is 0 Å². The topological polar surface area (TPSA) is 210 Å². The van der Waals surface area contributed by atoms with Crippen LogP contribution >= 0.6 is 47.9 Å². The van der Waals surface area contributed by atoms with E-state index >= 15 is 0 Å². The quantitative estimate of drug-likeness (QED) is 0.215. The van der Waals surface area contributed by atoms with E-state index in [4.69, 9.17) is 43.9 Å². The van der Waals surface area contributed by atoms with Gasteiger partial charge in [-0.1, -0.05) is 19.1 Å². The Morgan fingerprint density at radius 2 is 1.79 bits per heavy atom. The Morgan fingerprint density at radius 3 is 2.34 bits per heavy atom. The van der Waals surface area contributed by atoms with Crippen molar-refractivity contribution in [3.05, 3.63) is 21.7 Å². The molecule has 1 saturated heterocycles. The van der Waals surface area contributed by atoms with Gasteiger partial charge in [0, 0.05) is 12.1 Å². The number of hydrogen-bond acceptors (Lipinski definition) is 10. The molecule has 29 heavy (non-hydrogen) atoms. The van der Waals surface area contributed by atoms with Crippen molar-refractivity contribution in [2.24, 2.45) is 5.92 Å². The molecule has 166 valence electrons. The number of nitrogens with one attached hydrogen (secondary N) is 1. The molecule has 6 N–H and O–H groups in total. The van der Waals surface area contributed by atoms with E-state index in [0.29, 0.717) is 4.64 Å². The van der Waals surface area contributed by atoms with Crippen LogP contribution in [0, 0.1) is 15.3 Å². The number of H-pyrrole nitrogens is 1. The molecule has 19 heteroatoms. The molecule has 0 aliphatic carbocycles. The molecule has 0 aromatic carbocycles. The van der Waals surface area contributed by atoms with E-state index in [1.54, 1.807) is 6.92 Å². The Morgan fingerprint density at radius 1 is 1.17 bits per heavy atom. The van der Waals surface area contributed by atoms with Gasteiger partial charge in [-0.05, 0) is 18.3 Å². The lowest BCUT2D eigenvalue weighted by Gasteiger charge is -2.19. The minimum Gasteiger partial charge on any atom is -0.390 e. The molecule has 6 atom stereocenters. The third-order valence-corrected chi connectivity index (χ3v) is 7.98. The van der Waals surface area contributed by atoms with Crippen molar-refractivity contribution in [1.82, 2.24) is 9.55 Å². The molecule has 1 aliphatic rings. The molecule has 0 bridgehead atoms. The third-order valence-electron chi connectivity index (χ3n) is 3.63. The predicted octanol–water partition coefficient (Wildman–Crippen LogP) is 1.51. The van der Waals surface area contributed by atoms with Crippen molar-refractivity contribution in [1.29, 1.82) is 0 Å². The van der Waals surface area contributed by atoms with Crippen LogP contribution in [0.25, 0.3) is 0 Å². The lowest BCUT2D eigenvalue weighted by atomic mass is 10.0. The first-order valence-corrected chi connectivity index (χ1v) is 12.9. The van der Waals surface area contributed by atoms with Gasteiger partial charge < -0.3 is 34.4 Å². The Bertz CT molecular complexity index is 1010. The molecular weight excluding hydrogens is 497 g/mol. The van der Waals surface area contributed by atoms with Crippen LogP contribution in [0.5, 0.6) is 0 Å². The highest BCUT2D eigenvalue weighted by Gasteiger charge is 2.45. The van der Waals surface area contributed by atoms with Gasteiger partial charge in [-0.2, -0.15) is 8.62 Å². The number of nitrogens with zero attached hydrogens (tertiary/aromatic N) is 1. The van der Waals surface area contributed by atoms with Gasteiger partial charge in [0.2, 0.25) is 0 Å². The molecule has 3 unspecified atom stereocenters. The van der Waals surface area contributed by atoms with Crippen LogP contribution in [0.1, 0.15) is 13.2 Å². The number of phosphoric acid groups is 3. The summed E-state index contributed by atoms with van der Waals surface area (Å²) in [7, 11) is -16.5. The van der Waals surface area contributed by atoms with Gasteiger partial charge in [0.05, 0.1) is 12.7 Å². The molecule has 14 nitrogen and oxygen atoms in total. The van der Waals surface area contributed by atoms with E-state index in [9.17, 15) is 23.7 Å². The van der Waals surface area contributed by atoms with E-state index < -0.39 is 54.4 Å². The van der Waals surface area contributed by atoms with Crippen LogP contribution in [0.3, 0.4) is 0 Å². The number of rotatable bonds is 8. The van der Waals surface area contributed by atoms with E-state index in [1.807, 2.05) is 0 Å². The van der Waals surface area contributed by atoms with Gasteiger partial charge in [-0.25, -0.2) is 13.7 Å². The second kappa shape index (κ2) is 9.15. The molecule has 2 rings (SSSR count). The fourth-order valence-corrected chi connectivity index (χ4v) is 5.97. The number of hydrogen-bond donors (Lipinski definition) is 6. The minimum absolute atomic E-state index is 0.204. The Kier molecular flexibility index (Phi) is 7.92. The summed E-state index contributed by atoms with van der Waals surface area (Å²) in [6, 6.07) is 1.53. The summed E-state index contributed by atoms with van der Waals surface area (Å²) in [5, 5.41) is 10.3. The van der Waals surface area contributed by atoms with E-state index in [2.05, 4.69) is 18.1 Å². The van der Waals surface area contributed by atoms with Crippen molar-refractivity contribution >= 4 is 47.9 Å². The average molecular weight is 514 g/mol. The minimum atomic E-state index is -5.63. The Labute approximate surface area is 173 Å². The smallest absolute Gasteiger partial charge is 0.390 e. The molecule has 1 fully saturated rings. The van der Waals surface area contributed by atoms with Gasteiger partial charge in [0.25, 0.3) is 0 Å². The van der Waals surface area contributed by atoms with E-state index in [-0.39, 0.29) is 4.77 Å². The van der Waals surface area contributed by atoms with Crippen LogP contribution in [0.2, 0.25) is 0 Å². The SMILES string of the molecule is CC1[C@@H](O)[C@@H](COP(=O)(O)OP(=O)(O)OP(=O)(O)O)O[C@H]1n1ccc(=S)[nH]c1=S. The molecule has 0 radical (unpaired) electrons. The van der Waals surface area contributed by atoms with Crippen molar-refractivity contribution in [3.63, 3.8) is 0 Å². The fourth-order valence-electron chi connectivity index (χ4n) is 2.45. The number of aromatic amines is 1. The highest BCUT2D eigenvalue weighted by Crippen LogP contribution is 2.66. The molecule has 0 saturated carbocycles. The van der Waals surface area contributed by atoms with Gasteiger partial charge in [-0.3, -0.25) is 9.09 Å². The first-order chi connectivity index (χ1) is 13.1. The molecule has 0 amide bonds. The molecule has 0 spiro atoms. The first kappa shape index (κ1) is 25.1. The molecule has 1 aliphatic heterocycles. The summed E-state index contributed by atoms with van der Waals surface area (Å²) >= 11 is 10.1.